The van der Waals surface area contributed by atoms with Gasteiger partial charge in [-0.1, -0.05) is 0 Å². The van der Waals surface area contributed by atoms with Gasteiger partial charge in [-0.3, -0.25) is 4.99 Å². The summed E-state index contributed by atoms with van der Waals surface area (Å²) in [6.07, 6.45) is 1.62. The minimum atomic E-state index is 0.398. The molecule has 0 unspecified atom stereocenters. The van der Waals surface area contributed by atoms with Gasteiger partial charge >= 0.3 is 0 Å². The summed E-state index contributed by atoms with van der Waals surface area (Å²) in [5.74, 6) is 0. The van der Waals surface area contributed by atoms with E-state index in [1.807, 2.05) is 6.07 Å². The van der Waals surface area contributed by atoms with E-state index in [0.29, 0.717) is 15.8 Å². The summed E-state index contributed by atoms with van der Waals surface area (Å²) in [7, 11) is 1.59. The van der Waals surface area contributed by atoms with E-state index in [4.69, 9.17) is 11.0 Å². The molecule has 0 radical (unpaired) electrons. The number of hydrogen-bond acceptors (Lipinski definition) is 4. The van der Waals surface area contributed by atoms with Crippen LogP contribution < -0.4 is 5.73 Å². The highest BCUT2D eigenvalue weighted by Gasteiger charge is 2.04. The first-order valence-corrected chi connectivity index (χ1v) is 4.34. The number of pyridine rings is 1. The summed E-state index contributed by atoms with van der Waals surface area (Å²) in [4.78, 5) is 7.78. The fraction of sp³-hybridized carbons (Fsp3) is 0.125. The molecule has 0 saturated carbocycles. The van der Waals surface area contributed by atoms with Gasteiger partial charge in [0.1, 0.15) is 11.1 Å². The molecule has 0 aliphatic rings. The minimum Gasteiger partial charge on any atom is -0.378 e. The first-order chi connectivity index (χ1) is 6.27. The maximum absolute atomic E-state index is 8.72. The molecule has 13 heavy (non-hydrogen) atoms. The number of amidine groups is 1. The van der Waals surface area contributed by atoms with Crippen molar-refractivity contribution in [3.05, 3.63) is 23.9 Å². The van der Waals surface area contributed by atoms with Gasteiger partial charge < -0.3 is 5.73 Å². The lowest BCUT2D eigenvalue weighted by Gasteiger charge is -1.99. The third-order valence-electron chi connectivity index (χ3n) is 1.31. The molecule has 0 aliphatic carbocycles. The van der Waals surface area contributed by atoms with E-state index in [1.54, 1.807) is 25.4 Å². The molecule has 0 bridgehead atoms. The molecule has 4 nitrogen and oxygen atoms in total. The molecule has 0 aromatic carbocycles. The van der Waals surface area contributed by atoms with Gasteiger partial charge in [-0.25, -0.2) is 4.98 Å². The van der Waals surface area contributed by atoms with Crippen molar-refractivity contribution in [3.63, 3.8) is 0 Å². The molecule has 1 heterocycles. The second kappa shape index (κ2) is 4.48. The van der Waals surface area contributed by atoms with E-state index in [1.165, 1.54) is 11.8 Å². The number of hydrogen-bond donors (Lipinski definition) is 1. The average Bonchev–Trinajstić information content (AvgIpc) is 2.18. The lowest BCUT2D eigenvalue weighted by Crippen LogP contribution is -2.06. The molecule has 1 aromatic rings. The Morgan fingerprint density at radius 1 is 1.77 bits per heavy atom. The fourth-order valence-corrected chi connectivity index (χ4v) is 1.33. The number of rotatable bonds is 1. The first-order valence-electron chi connectivity index (χ1n) is 3.53. The largest absolute Gasteiger partial charge is 0.378 e. The number of aromatic nitrogens is 1. The standard InChI is InChI=1S/C8H8N4S/c1-11-8(10)13-7-6(5-9)3-2-4-12-7/h2-4H,1H3,(H2,10,11). The molecular formula is C8H8N4S. The summed E-state index contributed by atoms with van der Waals surface area (Å²) in [6, 6.07) is 5.43. The average molecular weight is 192 g/mol. The van der Waals surface area contributed by atoms with Crippen LogP contribution >= 0.6 is 11.8 Å². The third kappa shape index (κ3) is 2.46. The van der Waals surface area contributed by atoms with Crippen molar-refractivity contribution in [2.45, 2.75) is 5.03 Å². The van der Waals surface area contributed by atoms with Crippen molar-refractivity contribution >= 4 is 16.9 Å². The SMILES string of the molecule is CN=C(N)Sc1ncccc1C#N. The van der Waals surface area contributed by atoms with E-state index in [2.05, 4.69) is 9.98 Å². The van der Waals surface area contributed by atoms with Crippen molar-refractivity contribution in [1.82, 2.24) is 4.98 Å². The van der Waals surface area contributed by atoms with Crippen molar-refractivity contribution in [2.75, 3.05) is 7.05 Å². The Balaban J connectivity index is 2.95. The van der Waals surface area contributed by atoms with Crippen LogP contribution in [-0.2, 0) is 0 Å². The Labute approximate surface area is 80.5 Å². The summed E-state index contributed by atoms with van der Waals surface area (Å²) in [5.41, 5.74) is 6.01. The van der Waals surface area contributed by atoms with E-state index < -0.39 is 0 Å². The van der Waals surface area contributed by atoms with E-state index in [-0.39, 0.29) is 0 Å². The van der Waals surface area contributed by atoms with Crippen LogP contribution in [0, 0.1) is 11.3 Å². The topological polar surface area (TPSA) is 75.1 Å². The van der Waals surface area contributed by atoms with Crippen molar-refractivity contribution in [2.24, 2.45) is 10.7 Å². The Hall–Kier alpha value is -1.54. The second-order valence-electron chi connectivity index (χ2n) is 2.13. The zero-order chi connectivity index (χ0) is 9.68. The highest BCUT2D eigenvalue weighted by molar-refractivity contribution is 8.13. The van der Waals surface area contributed by atoms with Crippen LogP contribution in [0.1, 0.15) is 5.56 Å². The van der Waals surface area contributed by atoms with Crippen LogP contribution in [0.3, 0.4) is 0 Å². The van der Waals surface area contributed by atoms with Gasteiger partial charge in [-0.05, 0) is 23.9 Å². The van der Waals surface area contributed by atoms with Crippen LogP contribution in [0.4, 0.5) is 0 Å². The predicted molar refractivity (Wildman–Crippen MR) is 52.4 cm³/mol. The van der Waals surface area contributed by atoms with Gasteiger partial charge in [0.25, 0.3) is 0 Å². The molecule has 0 aliphatic heterocycles. The molecule has 0 amide bonds. The molecule has 1 aromatic heterocycles. The van der Waals surface area contributed by atoms with Gasteiger partial charge in [0.2, 0.25) is 0 Å². The molecular weight excluding hydrogens is 184 g/mol. The monoisotopic (exact) mass is 192 g/mol. The lowest BCUT2D eigenvalue weighted by atomic mass is 10.3. The van der Waals surface area contributed by atoms with Crippen molar-refractivity contribution in [3.8, 4) is 6.07 Å². The highest BCUT2D eigenvalue weighted by atomic mass is 32.2. The number of aliphatic imine (C=N–C) groups is 1. The quantitative estimate of drug-likeness (QED) is 0.409. The lowest BCUT2D eigenvalue weighted by molar-refractivity contribution is 1.12. The Morgan fingerprint density at radius 3 is 3.15 bits per heavy atom. The van der Waals surface area contributed by atoms with Gasteiger partial charge in [-0.15, -0.1) is 0 Å². The van der Waals surface area contributed by atoms with Crippen LogP contribution in [0.15, 0.2) is 28.3 Å². The molecule has 0 fully saturated rings. The number of nitrogens with zero attached hydrogens (tertiary/aromatic N) is 3. The van der Waals surface area contributed by atoms with Gasteiger partial charge in [0.15, 0.2) is 5.17 Å². The zero-order valence-electron chi connectivity index (χ0n) is 7.06. The van der Waals surface area contributed by atoms with Gasteiger partial charge in [0.05, 0.1) is 5.56 Å². The van der Waals surface area contributed by atoms with Crippen LogP contribution in [0.5, 0.6) is 0 Å². The molecule has 5 heteroatoms. The third-order valence-corrected chi connectivity index (χ3v) is 2.22. The molecule has 0 atom stereocenters. The van der Waals surface area contributed by atoms with E-state index in [9.17, 15) is 0 Å². The number of thioether (sulfide) groups is 1. The predicted octanol–water partition coefficient (Wildman–Crippen LogP) is 0.990. The Morgan fingerprint density at radius 2 is 2.54 bits per heavy atom. The van der Waals surface area contributed by atoms with Gasteiger partial charge in [-0.2, -0.15) is 5.26 Å². The summed E-state index contributed by atoms with van der Waals surface area (Å²) in [6.45, 7) is 0. The summed E-state index contributed by atoms with van der Waals surface area (Å²) >= 11 is 1.19. The normalized spacial score (nSPS) is 10.9. The van der Waals surface area contributed by atoms with E-state index in [0.717, 1.165) is 0 Å². The highest BCUT2D eigenvalue weighted by Crippen LogP contribution is 2.18. The molecule has 66 valence electrons. The number of nitrogens with two attached hydrogens (primary N) is 1. The van der Waals surface area contributed by atoms with Gasteiger partial charge in [0, 0.05) is 13.2 Å². The smallest absolute Gasteiger partial charge is 0.160 e. The zero-order valence-corrected chi connectivity index (χ0v) is 7.88. The Bertz CT molecular complexity index is 367. The van der Waals surface area contributed by atoms with Crippen LogP contribution in [-0.4, -0.2) is 17.2 Å². The van der Waals surface area contributed by atoms with Crippen molar-refractivity contribution in [1.29, 1.82) is 5.26 Å². The number of nitriles is 1. The van der Waals surface area contributed by atoms with Crippen LogP contribution in [0.25, 0.3) is 0 Å². The summed E-state index contributed by atoms with van der Waals surface area (Å²) in [5, 5.41) is 9.71. The minimum absolute atomic E-state index is 0.398. The van der Waals surface area contributed by atoms with Crippen molar-refractivity contribution < 1.29 is 0 Å². The van der Waals surface area contributed by atoms with Crippen LogP contribution in [0.2, 0.25) is 0 Å². The molecule has 2 N–H and O–H groups in total. The Kier molecular flexibility index (Phi) is 3.29. The molecule has 1 rings (SSSR count). The maximum Gasteiger partial charge on any atom is 0.160 e. The summed E-state index contributed by atoms with van der Waals surface area (Å²) < 4.78 is 0. The second-order valence-corrected chi connectivity index (χ2v) is 3.14. The first kappa shape index (κ1) is 9.55. The fourth-order valence-electron chi connectivity index (χ4n) is 0.702. The van der Waals surface area contributed by atoms with E-state index >= 15 is 0 Å². The molecule has 0 saturated heterocycles. The maximum atomic E-state index is 8.72. The molecule has 0 spiro atoms.